The highest BCUT2D eigenvalue weighted by Gasteiger charge is 2.21. The highest BCUT2D eigenvalue weighted by Crippen LogP contribution is 2.34. The number of aromatic amines is 1. The van der Waals surface area contributed by atoms with E-state index < -0.39 is 0 Å². The van der Waals surface area contributed by atoms with Gasteiger partial charge in [0.05, 0.1) is 16.9 Å². The van der Waals surface area contributed by atoms with Gasteiger partial charge in [0.1, 0.15) is 10.7 Å². The summed E-state index contributed by atoms with van der Waals surface area (Å²) in [6, 6.07) is 0.250. The number of thiophene rings is 1. The first-order valence-electron chi connectivity index (χ1n) is 8.13. The van der Waals surface area contributed by atoms with E-state index in [2.05, 4.69) is 20.6 Å². The molecule has 130 valence electrons. The van der Waals surface area contributed by atoms with Crippen LogP contribution >= 0.6 is 23.1 Å². The molecule has 0 aliphatic heterocycles. The number of hydrogen-bond donors (Lipinski definition) is 3. The summed E-state index contributed by atoms with van der Waals surface area (Å²) in [6.45, 7) is 2.62. The molecule has 2 heterocycles. The van der Waals surface area contributed by atoms with E-state index in [-0.39, 0.29) is 17.5 Å². The SMILES string of the molecule is CNC(C)CNC(=O)CSCc1nc2sc3c(c2c(=O)[nH]1)CCC3. The molecular formula is C16H22N4O2S2. The number of rotatable bonds is 7. The van der Waals surface area contributed by atoms with Crippen molar-refractivity contribution in [1.29, 1.82) is 0 Å². The molecule has 0 fully saturated rings. The Morgan fingerprint density at radius 3 is 3.08 bits per heavy atom. The third-order valence-electron chi connectivity index (χ3n) is 4.19. The number of nitrogens with zero attached hydrogens (tertiary/aromatic N) is 1. The fourth-order valence-electron chi connectivity index (χ4n) is 2.78. The topological polar surface area (TPSA) is 86.9 Å². The van der Waals surface area contributed by atoms with Gasteiger partial charge in [0, 0.05) is 17.5 Å². The molecule has 8 heteroatoms. The number of carbonyl (C=O) groups is 1. The van der Waals surface area contributed by atoms with Crippen molar-refractivity contribution < 1.29 is 4.79 Å². The zero-order valence-corrected chi connectivity index (χ0v) is 15.5. The average molecular weight is 367 g/mol. The van der Waals surface area contributed by atoms with Gasteiger partial charge in [0.15, 0.2) is 0 Å². The molecule has 0 bridgehead atoms. The number of likely N-dealkylation sites (N-methyl/N-ethyl adjacent to an activating group) is 1. The zero-order chi connectivity index (χ0) is 17.1. The van der Waals surface area contributed by atoms with Crippen molar-refractivity contribution in [2.45, 2.75) is 38.0 Å². The van der Waals surface area contributed by atoms with Gasteiger partial charge in [-0.05, 0) is 38.8 Å². The molecule has 1 amide bonds. The van der Waals surface area contributed by atoms with Gasteiger partial charge in [0.25, 0.3) is 5.56 Å². The maximum atomic E-state index is 12.3. The van der Waals surface area contributed by atoms with Gasteiger partial charge < -0.3 is 15.6 Å². The van der Waals surface area contributed by atoms with Crippen LogP contribution in [0.5, 0.6) is 0 Å². The lowest BCUT2D eigenvalue weighted by molar-refractivity contribution is -0.118. The molecule has 6 nitrogen and oxygen atoms in total. The minimum Gasteiger partial charge on any atom is -0.354 e. The van der Waals surface area contributed by atoms with E-state index >= 15 is 0 Å². The van der Waals surface area contributed by atoms with Gasteiger partial charge in [-0.25, -0.2) is 4.98 Å². The third kappa shape index (κ3) is 3.81. The summed E-state index contributed by atoms with van der Waals surface area (Å²) < 4.78 is 0. The Balaban J connectivity index is 1.58. The maximum Gasteiger partial charge on any atom is 0.259 e. The van der Waals surface area contributed by atoms with Gasteiger partial charge in [-0.3, -0.25) is 9.59 Å². The number of aromatic nitrogens is 2. The highest BCUT2D eigenvalue weighted by molar-refractivity contribution is 7.99. The van der Waals surface area contributed by atoms with Crippen LogP contribution < -0.4 is 16.2 Å². The minimum atomic E-state index is -0.0395. The lowest BCUT2D eigenvalue weighted by atomic mass is 10.2. The van der Waals surface area contributed by atoms with Crippen LogP contribution in [0.15, 0.2) is 4.79 Å². The molecule has 1 aliphatic carbocycles. The summed E-state index contributed by atoms with van der Waals surface area (Å²) in [5.41, 5.74) is 1.16. The van der Waals surface area contributed by atoms with Crippen molar-refractivity contribution in [3.8, 4) is 0 Å². The van der Waals surface area contributed by atoms with E-state index in [1.807, 2.05) is 14.0 Å². The van der Waals surface area contributed by atoms with E-state index in [0.29, 0.717) is 23.9 Å². The summed E-state index contributed by atoms with van der Waals surface area (Å²) in [5.74, 6) is 1.54. The van der Waals surface area contributed by atoms with Gasteiger partial charge in [-0.1, -0.05) is 0 Å². The molecule has 2 aromatic rings. The van der Waals surface area contributed by atoms with Crippen LogP contribution in [0.3, 0.4) is 0 Å². The monoisotopic (exact) mass is 366 g/mol. The van der Waals surface area contributed by atoms with Gasteiger partial charge in [-0.2, -0.15) is 0 Å². The van der Waals surface area contributed by atoms with Crippen LogP contribution in [-0.4, -0.2) is 41.3 Å². The molecule has 0 saturated heterocycles. The fourth-order valence-corrected chi connectivity index (χ4v) is 4.78. The number of thioether (sulfide) groups is 1. The first-order valence-corrected chi connectivity index (χ1v) is 10.1. The van der Waals surface area contributed by atoms with Crippen molar-refractivity contribution >= 4 is 39.2 Å². The average Bonchev–Trinajstić information content (AvgIpc) is 3.12. The quantitative estimate of drug-likeness (QED) is 0.690. The molecule has 1 atom stereocenters. The predicted octanol–water partition coefficient (Wildman–Crippen LogP) is 1.43. The molecule has 0 spiro atoms. The molecule has 2 aromatic heterocycles. The highest BCUT2D eigenvalue weighted by atomic mass is 32.2. The molecular weight excluding hydrogens is 344 g/mol. The Morgan fingerprint density at radius 2 is 2.29 bits per heavy atom. The second-order valence-corrected chi connectivity index (χ2v) is 8.11. The zero-order valence-electron chi connectivity index (χ0n) is 13.9. The molecule has 0 saturated carbocycles. The second-order valence-electron chi connectivity index (χ2n) is 6.04. The summed E-state index contributed by atoms with van der Waals surface area (Å²) in [4.78, 5) is 33.7. The number of amides is 1. The molecule has 0 radical (unpaired) electrons. The van der Waals surface area contributed by atoms with Crippen LogP contribution in [-0.2, 0) is 23.4 Å². The number of H-pyrrole nitrogens is 1. The van der Waals surface area contributed by atoms with E-state index in [9.17, 15) is 9.59 Å². The second kappa shape index (κ2) is 7.67. The Morgan fingerprint density at radius 1 is 1.46 bits per heavy atom. The van der Waals surface area contributed by atoms with E-state index in [4.69, 9.17) is 0 Å². The van der Waals surface area contributed by atoms with E-state index in [1.54, 1.807) is 11.3 Å². The Bertz CT molecular complexity index is 799. The maximum absolute atomic E-state index is 12.3. The van der Waals surface area contributed by atoms with Crippen molar-refractivity contribution in [1.82, 2.24) is 20.6 Å². The predicted molar refractivity (Wildman–Crippen MR) is 100.0 cm³/mol. The number of hydrogen-bond acceptors (Lipinski definition) is 6. The summed E-state index contributed by atoms with van der Waals surface area (Å²) in [7, 11) is 1.87. The number of aryl methyl sites for hydroxylation is 2. The van der Waals surface area contributed by atoms with Crippen molar-refractivity contribution in [3.05, 3.63) is 26.6 Å². The molecule has 1 unspecified atom stereocenters. The molecule has 3 rings (SSSR count). The lowest BCUT2D eigenvalue weighted by Gasteiger charge is -2.11. The van der Waals surface area contributed by atoms with E-state index in [0.717, 1.165) is 29.5 Å². The van der Waals surface area contributed by atoms with Gasteiger partial charge in [0.2, 0.25) is 5.91 Å². The Kier molecular flexibility index (Phi) is 5.57. The lowest BCUT2D eigenvalue weighted by Crippen LogP contribution is -2.37. The number of carbonyl (C=O) groups excluding carboxylic acids is 1. The summed E-state index contributed by atoms with van der Waals surface area (Å²) in [6.07, 6.45) is 3.18. The first-order chi connectivity index (χ1) is 11.6. The standard InChI is InChI=1S/C16H22N4O2S2/c1-9(17-2)6-18-13(21)8-23-7-12-19-15(22)14-10-4-3-5-11(10)24-16(14)20-12/h9,17H,3-8H2,1-2H3,(H,18,21)(H,19,20,22). The third-order valence-corrected chi connectivity index (χ3v) is 6.32. The van der Waals surface area contributed by atoms with Crippen molar-refractivity contribution in [3.63, 3.8) is 0 Å². The van der Waals surface area contributed by atoms with Crippen LogP contribution in [0, 0.1) is 0 Å². The summed E-state index contributed by atoms with van der Waals surface area (Å²) in [5, 5.41) is 6.72. The largest absolute Gasteiger partial charge is 0.354 e. The normalized spacial score (nSPS) is 14.8. The summed E-state index contributed by atoms with van der Waals surface area (Å²) >= 11 is 3.10. The van der Waals surface area contributed by atoms with Crippen molar-refractivity contribution in [2.75, 3.05) is 19.3 Å². The van der Waals surface area contributed by atoms with Crippen molar-refractivity contribution in [2.24, 2.45) is 0 Å². The molecule has 3 N–H and O–H groups in total. The fraction of sp³-hybridized carbons (Fsp3) is 0.562. The van der Waals surface area contributed by atoms with E-state index in [1.165, 1.54) is 22.2 Å². The number of nitrogens with one attached hydrogen (secondary N) is 3. The van der Waals surface area contributed by atoms with Crippen LogP contribution in [0.1, 0.15) is 29.6 Å². The molecule has 1 aliphatic rings. The Hall–Kier alpha value is -1.38. The smallest absolute Gasteiger partial charge is 0.259 e. The minimum absolute atomic E-state index is 0.000579. The van der Waals surface area contributed by atoms with Gasteiger partial charge >= 0.3 is 0 Å². The first kappa shape index (κ1) is 17.4. The van der Waals surface area contributed by atoms with Crippen LogP contribution in [0.2, 0.25) is 0 Å². The van der Waals surface area contributed by atoms with Crippen LogP contribution in [0.4, 0.5) is 0 Å². The molecule has 24 heavy (non-hydrogen) atoms. The Labute approximate surface area is 148 Å². The molecule has 0 aromatic carbocycles. The van der Waals surface area contributed by atoms with Gasteiger partial charge in [-0.15, -0.1) is 23.1 Å². The number of fused-ring (bicyclic) bond motifs is 3. The van der Waals surface area contributed by atoms with Crippen LogP contribution in [0.25, 0.3) is 10.2 Å².